The van der Waals surface area contributed by atoms with Crippen molar-refractivity contribution >= 4 is 11.7 Å². The Morgan fingerprint density at radius 2 is 2.00 bits per heavy atom. The van der Waals surface area contributed by atoms with Crippen LogP contribution in [0, 0.1) is 5.82 Å². The SMILES string of the molecule is COc1ccc(NC(=O)NC(CCCO)c2ccccc2)cc1F. The smallest absolute Gasteiger partial charge is 0.319 e. The van der Waals surface area contributed by atoms with Crippen LogP contribution in [0.1, 0.15) is 24.4 Å². The summed E-state index contributed by atoms with van der Waals surface area (Å²) in [6.07, 6.45) is 1.17. The van der Waals surface area contributed by atoms with Gasteiger partial charge in [0, 0.05) is 18.4 Å². The van der Waals surface area contributed by atoms with E-state index < -0.39 is 11.8 Å². The Bertz CT molecular complexity index is 665. The molecule has 5 nitrogen and oxygen atoms in total. The molecule has 0 fully saturated rings. The van der Waals surface area contributed by atoms with Crippen LogP contribution in [0.25, 0.3) is 0 Å². The predicted molar refractivity (Wildman–Crippen MR) is 90.6 cm³/mol. The van der Waals surface area contributed by atoms with Gasteiger partial charge >= 0.3 is 6.03 Å². The van der Waals surface area contributed by atoms with E-state index in [1.54, 1.807) is 6.07 Å². The van der Waals surface area contributed by atoms with E-state index in [9.17, 15) is 9.18 Å². The number of aliphatic hydroxyl groups excluding tert-OH is 1. The minimum absolute atomic E-state index is 0.0519. The number of hydrogen-bond acceptors (Lipinski definition) is 3. The number of rotatable bonds is 7. The summed E-state index contributed by atoms with van der Waals surface area (Å²) in [5.41, 5.74) is 1.28. The molecule has 2 amide bonds. The van der Waals surface area contributed by atoms with E-state index >= 15 is 0 Å². The number of hydrogen-bond donors (Lipinski definition) is 3. The molecule has 1 unspecified atom stereocenters. The van der Waals surface area contributed by atoms with Gasteiger partial charge in [-0.15, -0.1) is 0 Å². The molecule has 0 aliphatic rings. The number of carbonyl (C=O) groups is 1. The number of benzene rings is 2. The van der Waals surface area contributed by atoms with Crippen molar-refractivity contribution in [1.29, 1.82) is 0 Å². The first-order valence-electron chi connectivity index (χ1n) is 7.71. The highest BCUT2D eigenvalue weighted by Crippen LogP contribution is 2.21. The quantitative estimate of drug-likeness (QED) is 0.727. The zero-order chi connectivity index (χ0) is 17.4. The molecule has 0 saturated carbocycles. The second kappa shape index (κ2) is 8.88. The molecule has 24 heavy (non-hydrogen) atoms. The van der Waals surface area contributed by atoms with Crippen molar-refractivity contribution in [3.05, 3.63) is 59.9 Å². The number of nitrogens with one attached hydrogen (secondary N) is 2. The Morgan fingerprint density at radius 3 is 2.62 bits per heavy atom. The van der Waals surface area contributed by atoms with Gasteiger partial charge < -0.3 is 20.5 Å². The van der Waals surface area contributed by atoms with Crippen LogP contribution in [0.2, 0.25) is 0 Å². The highest BCUT2D eigenvalue weighted by atomic mass is 19.1. The topological polar surface area (TPSA) is 70.6 Å². The molecule has 1 atom stereocenters. The number of methoxy groups -OCH3 is 1. The van der Waals surface area contributed by atoms with Gasteiger partial charge in [0.15, 0.2) is 11.6 Å². The third-order valence-electron chi connectivity index (χ3n) is 3.57. The lowest BCUT2D eigenvalue weighted by Crippen LogP contribution is -2.32. The number of halogens is 1. The zero-order valence-electron chi connectivity index (χ0n) is 13.5. The predicted octanol–water partition coefficient (Wildman–Crippen LogP) is 3.47. The number of ether oxygens (including phenoxy) is 1. The molecular formula is C18H21FN2O3. The Hall–Kier alpha value is -2.60. The fourth-order valence-electron chi connectivity index (χ4n) is 2.37. The lowest BCUT2D eigenvalue weighted by molar-refractivity contribution is 0.244. The summed E-state index contributed by atoms with van der Waals surface area (Å²) in [6, 6.07) is 13.0. The molecule has 2 aromatic carbocycles. The maximum atomic E-state index is 13.7. The summed E-state index contributed by atoms with van der Waals surface area (Å²) < 4.78 is 18.5. The van der Waals surface area contributed by atoms with Crippen LogP contribution in [0.3, 0.4) is 0 Å². The van der Waals surface area contributed by atoms with Gasteiger partial charge in [-0.3, -0.25) is 0 Å². The van der Waals surface area contributed by atoms with Gasteiger partial charge in [-0.2, -0.15) is 0 Å². The summed E-state index contributed by atoms with van der Waals surface area (Å²) in [6.45, 7) is 0.0519. The molecule has 3 N–H and O–H groups in total. The third-order valence-corrected chi connectivity index (χ3v) is 3.57. The molecular weight excluding hydrogens is 311 g/mol. The highest BCUT2D eigenvalue weighted by molar-refractivity contribution is 5.89. The van der Waals surface area contributed by atoms with Crippen molar-refractivity contribution in [3.63, 3.8) is 0 Å². The van der Waals surface area contributed by atoms with Gasteiger partial charge in [-0.05, 0) is 30.5 Å². The van der Waals surface area contributed by atoms with Crippen LogP contribution in [0.5, 0.6) is 5.75 Å². The largest absolute Gasteiger partial charge is 0.494 e. The number of carbonyl (C=O) groups excluding carboxylic acids is 1. The number of amides is 2. The Morgan fingerprint density at radius 1 is 1.25 bits per heavy atom. The lowest BCUT2D eigenvalue weighted by atomic mass is 10.0. The minimum atomic E-state index is -0.546. The van der Waals surface area contributed by atoms with Crippen LogP contribution in [-0.2, 0) is 0 Å². The van der Waals surface area contributed by atoms with Crippen molar-refractivity contribution in [3.8, 4) is 5.75 Å². The monoisotopic (exact) mass is 332 g/mol. The van der Waals surface area contributed by atoms with Crippen LogP contribution in [-0.4, -0.2) is 24.9 Å². The molecule has 0 radical (unpaired) electrons. The average Bonchev–Trinajstić information content (AvgIpc) is 2.59. The van der Waals surface area contributed by atoms with Gasteiger partial charge in [0.25, 0.3) is 0 Å². The Balaban J connectivity index is 2.03. The van der Waals surface area contributed by atoms with Crippen LogP contribution < -0.4 is 15.4 Å². The summed E-state index contributed by atoms with van der Waals surface area (Å²) >= 11 is 0. The summed E-state index contributed by atoms with van der Waals surface area (Å²) in [4.78, 5) is 12.2. The third kappa shape index (κ3) is 4.96. The molecule has 0 saturated heterocycles. The molecule has 0 aliphatic heterocycles. The molecule has 2 aromatic rings. The van der Waals surface area contributed by atoms with E-state index in [2.05, 4.69) is 10.6 Å². The Labute approximate surface area is 140 Å². The van der Waals surface area contributed by atoms with E-state index in [4.69, 9.17) is 9.84 Å². The zero-order valence-corrected chi connectivity index (χ0v) is 13.5. The van der Waals surface area contributed by atoms with Crippen molar-refractivity contribution in [1.82, 2.24) is 5.32 Å². The van der Waals surface area contributed by atoms with Gasteiger partial charge in [0.05, 0.1) is 13.2 Å². The summed E-state index contributed by atoms with van der Waals surface area (Å²) in [5.74, 6) is -0.429. The summed E-state index contributed by atoms with van der Waals surface area (Å²) in [7, 11) is 1.38. The number of aliphatic hydroxyl groups is 1. The standard InChI is InChI=1S/C18H21FN2O3/c1-24-17-10-9-14(12-15(17)19)20-18(23)21-16(8-5-11-22)13-6-3-2-4-7-13/h2-4,6-7,9-10,12,16,22H,5,8,11H2,1H3,(H2,20,21,23). The van der Waals surface area contributed by atoms with E-state index in [-0.39, 0.29) is 18.4 Å². The molecule has 0 heterocycles. The number of anilines is 1. The fourth-order valence-corrected chi connectivity index (χ4v) is 2.37. The molecule has 128 valence electrons. The molecule has 0 spiro atoms. The highest BCUT2D eigenvalue weighted by Gasteiger charge is 2.14. The first kappa shape index (κ1) is 17.7. The molecule has 0 bridgehead atoms. The normalized spacial score (nSPS) is 11.6. The fraction of sp³-hybridized carbons (Fsp3) is 0.278. The average molecular weight is 332 g/mol. The van der Waals surface area contributed by atoms with Crippen LogP contribution in [0.4, 0.5) is 14.9 Å². The molecule has 0 aromatic heterocycles. The first-order chi connectivity index (χ1) is 11.6. The molecule has 6 heteroatoms. The second-order valence-electron chi connectivity index (χ2n) is 5.28. The van der Waals surface area contributed by atoms with Crippen molar-refractivity contribution in [2.24, 2.45) is 0 Å². The molecule has 2 rings (SSSR count). The van der Waals surface area contributed by atoms with E-state index in [0.29, 0.717) is 18.5 Å². The van der Waals surface area contributed by atoms with Gasteiger partial charge in [0.2, 0.25) is 0 Å². The first-order valence-corrected chi connectivity index (χ1v) is 7.71. The lowest BCUT2D eigenvalue weighted by Gasteiger charge is -2.19. The maximum Gasteiger partial charge on any atom is 0.319 e. The van der Waals surface area contributed by atoms with Gasteiger partial charge in [-0.1, -0.05) is 30.3 Å². The number of urea groups is 1. The van der Waals surface area contributed by atoms with Gasteiger partial charge in [0.1, 0.15) is 0 Å². The Kier molecular flexibility index (Phi) is 6.57. The van der Waals surface area contributed by atoms with Crippen LogP contribution >= 0.6 is 0 Å². The van der Waals surface area contributed by atoms with E-state index in [1.807, 2.05) is 30.3 Å². The second-order valence-corrected chi connectivity index (χ2v) is 5.28. The summed E-state index contributed by atoms with van der Waals surface area (Å²) in [5, 5.41) is 14.5. The minimum Gasteiger partial charge on any atom is -0.494 e. The van der Waals surface area contributed by atoms with Crippen molar-refractivity contribution in [2.45, 2.75) is 18.9 Å². The van der Waals surface area contributed by atoms with Crippen molar-refractivity contribution in [2.75, 3.05) is 19.0 Å². The molecule has 0 aliphatic carbocycles. The van der Waals surface area contributed by atoms with Crippen molar-refractivity contribution < 1.29 is 19.0 Å². The van der Waals surface area contributed by atoms with Gasteiger partial charge in [-0.25, -0.2) is 9.18 Å². The van der Waals surface area contributed by atoms with Crippen LogP contribution in [0.15, 0.2) is 48.5 Å². The van der Waals surface area contributed by atoms with E-state index in [1.165, 1.54) is 19.2 Å². The maximum absolute atomic E-state index is 13.7. The van der Waals surface area contributed by atoms with E-state index in [0.717, 1.165) is 5.56 Å².